The SMILES string of the molecule is COc1ccc(-n2nc(C(=O)NC(=O)COC(=O)CN)c3c2C(=O)N(c2ccc(N4CCCCC4=O)cc2)CC3)cc1.O=C(O)C(F)(F)F. The predicted molar refractivity (Wildman–Crippen MR) is 164 cm³/mol. The number of carbonyl (C=O) groups is 6. The highest BCUT2D eigenvalue weighted by Gasteiger charge is 2.38. The number of nitrogens with one attached hydrogen (secondary N) is 1. The molecule has 2 aromatic carbocycles. The molecule has 0 radical (unpaired) electrons. The van der Waals surface area contributed by atoms with E-state index < -0.39 is 43.1 Å². The molecule has 0 aliphatic carbocycles. The Morgan fingerprint density at radius 1 is 0.918 bits per heavy atom. The molecular formula is C31H31F3N6O9. The quantitative estimate of drug-likeness (QED) is 0.292. The molecule has 0 atom stereocenters. The van der Waals surface area contributed by atoms with Crippen LogP contribution in [0.5, 0.6) is 5.75 Å². The number of carboxylic acid groups (broad SMARTS) is 1. The molecule has 15 nitrogen and oxygen atoms in total. The van der Waals surface area contributed by atoms with Gasteiger partial charge >= 0.3 is 18.1 Å². The van der Waals surface area contributed by atoms with Crippen LogP contribution in [-0.2, 0) is 30.3 Å². The second-order valence-corrected chi connectivity index (χ2v) is 10.6. The number of alkyl halides is 3. The van der Waals surface area contributed by atoms with Crippen LogP contribution in [-0.4, -0.2) is 90.0 Å². The van der Waals surface area contributed by atoms with E-state index in [0.29, 0.717) is 35.7 Å². The maximum Gasteiger partial charge on any atom is 0.490 e. The molecule has 2 aliphatic heterocycles. The first kappa shape index (κ1) is 36.1. The van der Waals surface area contributed by atoms with Crippen molar-refractivity contribution in [2.24, 2.45) is 5.73 Å². The van der Waals surface area contributed by atoms with Crippen molar-refractivity contribution in [3.8, 4) is 11.4 Å². The number of hydrogen-bond acceptors (Lipinski definition) is 10. The Labute approximate surface area is 276 Å². The van der Waals surface area contributed by atoms with Gasteiger partial charge in [0.1, 0.15) is 11.4 Å². The van der Waals surface area contributed by atoms with E-state index in [-0.39, 0.29) is 36.2 Å². The Morgan fingerprint density at radius 2 is 1.51 bits per heavy atom. The van der Waals surface area contributed by atoms with Crippen LogP contribution in [0.15, 0.2) is 48.5 Å². The maximum atomic E-state index is 13.9. The Hall–Kier alpha value is -5.78. The van der Waals surface area contributed by atoms with Gasteiger partial charge in [-0.1, -0.05) is 0 Å². The number of fused-ring (bicyclic) bond motifs is 1. The number of imide groups is 1. The molecule has 4 amide bonds. The molecule has 1 aromatic heterocycles. The van der Waals surface area contributed by atoms with Crippen LogP contribution in [0.4, 0.5) is 24.5 Å². The average Bonchev–Trinajstić information content (AvgIpc) is 3.48. The Balaban J connectivity index is 0.000000698. The summed E-state index contributed by atoms with van der Waals surface area (Å²) < 4.78 is 43.0. The number of piperidine rings is 1. The largest absolute Gasteiger partial charge is 0.497 e. The first-order valence-corrected chi connectivity index (χ1v) is 14.7. The summed E-state index contributed by atoms with van der Waals surface area (Å²) in [4.78, 5) is 75.1. The minimum Gasteiger partial charge on any atom is -0.497 e. The molecule has 1 fully saturated rings. The van der Waals surface area contributed by atoms with Gasteiger partial charge in [-0.05, 0) is 67.8 Å². The fourth-order valence-corrected chi connectivity index (χ4v) is 5.02. The third kappa shape index (κ3) is 8.58. The van der Waals surface area contributed by atoms with Crippen LogP contribution >= 0.6 is 0 Å². The molecule has 4 N–H and O–H groups in total. The normalized spacial score (nSPS) is 14.3. The molecule has 0 saturated carbocycles. The summed E-state index contributed by atoms with van der Waals surface area (Å²) in [5.74, 6) is -4.95. The van der Waals surface area contributed by atoms with E-state index in [1.54, 1.807) is 46.2 Å². The number of aliphatic carboxylic acids is 1. The van der Waals surface area contributed by atoms with Gasteiger partial charge in [0.15, 0.2) is 12.3 Å². The molecule has 5 rings (SSSR count). The minimum absolute atomic E-state index is 0.0814. The second-order valence-electron chi connectivity index (χ2n) is 10.6. The number of benzene rings is 2. The summed E-state index contributed by atoms with van der Waals surface area (Å²) >= 11 is 0. The first-order chi connectivity index (χ1) is 23.2. The Kier molecular flexibility index (Phi) is 11.3. The van der Waals surface area contributed by atoms with Crippen LogP contribution in [0.3, 0.4) is 0 Å². The zero-order chi connectivity index (χ0) is 35.9. The zero-order valence-electron chi connectivity index (χ0n) is 26.0. The van der Waals surface area contributed by atoms with Crippen molar-refractivity contribution in [3.63, 3.8) is 0 Å². The van der Waals surface area contributed by atoms with Gasteiger partial charge in [0.2, 0.25) is 5.91 Å². The van der Waals surface area contributed by atoms with Gasteiger partial charge in [0, 0.05) is 36.4 Å². The van der Waals surface area contributed by atoms with Crippen LogP contribution in [0, 0.1) is 0 Å². The van der Waals surface area contributed by atoms with E-state index in [0.717, 1.165) is 18.5 Å². The van der Waals surface area contributed by atoms with Crippen molar-refractivity contribution in [2.45, 2.75) is 31.9 Å². The number of aromatic nitrogens is 2. The number of nitrogens with zero attached hydrogens (tertiary/aromatic N) is 4. The number of halogens is 3. The molecule has 0 unspecified atom stereocenters. The van der Waals surface area contributed by atoms with Gasteiger partial charge in [-0.25, -0.2) is 9.48 Å². The molecule has 3 heterocycles. The monoisotopic (exact) mass is 688 g/mol. The lowest BCUT2D eigenvalue weighted by Gasteiger charge is -2.29. The summed E-state index contributed by atoms with van der Waals surface area (Å²) in [5, 5.41) is 13.7. The van der Waals surface area contributed by atoms with E-state index in [4.69, 9.17) is 20.4 Å². The van der Waals surface area contributed by atoms with Crippen LogP contribution in [0.2, 0.25) is 0 Å². The molecule has 260 valence electrons. The number of nitrogens with two attached hydrogens (primary N) is 1. The van der Waals surface area contributed by atoms with Gasteiger partial charge in [-0.3, -0.25) is 29.3 Å². The molecule has 0 bridgehead atoms. The van der Waals surface area contributed by atoms with Gasteiger partial charge in [0.25, 0.3) is 17.7 Å². The molecule has 3 aromatic rings. The predicted octanol–water partition coefficient (Wildman–Crippen LogP) is 1.99. The number of anilines is 2. The molecule has 49 heavy (non-hydrogen) atoms. The highest BCUT2D eigenvalue weighted by atomic mass is 19.4. The molecule has 1 saturated heterocycles. The van der Waals surface area contributed by atoms with Gasteiger partial charge in [0.05, 0.1) is 19.3 Å². The molecule has 0 spiro atoms. The molecule has 18 heteroatoms. The molecule has 2 aliphatic rings. The smallest absolute Gasteiger partial charge is 0.490 e. The lowest BCUT2D eigenvalue weighted by atomic mass is 10.0. The summed E-state index contributed by atoms with van der Waals surface area (Å²) in [6.07, 6.45) is -2.46. The third-order valence-electron chi connectivity index (χ3n) is 7.37. The topological polar surface area (TPSA) is 203 Å². The van der Waals surface area contributed by atoms with Crippen molar-refractivity contribution in [2.75, 3.05) is 43.2 Å². The summed E-state index contributed by atoms with van der Waals surface area (Å²) in [6, 6.07) is 14.0. The van der Waals surface area contributed by atoms with Gasteiger partial charge in [-0.2, -0.15) is 18.3 Å². The maximum absolute atomic E-state index is 13.9. The van der Waals surface area contributed by atoms with Crippen LogP contribution < -0.4 is 25.6 Å². The van der Waals surface area contributed by atoms with E-state index >= 15 is 0 Å². The van der Waals surface area contributed by atoms with E-state index in [1.807, 2.05) is 12.1 Å². The fourth-order valence-electron chi connectivity index (χ4n) is 5.02. The lowest BCUT2D eigenvalue weighted by Crippen LogP contribution is -2.40. The van der Waals surface area contributed by atoms with Crippen LogP contribution in [0.25, 0.3) is 5.69 Å². The minimum atomic E-state index is -5.08. The number of methoxy groups -OCH3 is 1. The van der Waals surface area contributed by atoms with E-state index in [2.05, 4.69) is 15.2 Å². The third-order valence-corrected chi connectivity index (χ3v) is 7.37. The Morgan fingerprint density at radius 3 is 2.06 bits per heavy atom. The highest BCUT2D eigenvalue weighted by molar-refractivity contribution is 6.11. The lowest BCUT2D eigenvalue weighted by molar-refractivity contribution is -0.192. The molecular weight excluding hydrogens is 657 g/mol. The first-order valence-electron chi connectivity index (χ1n) is 14.7. The zero-order valence-corrected chi connectivity index (χ0v) is 26.0. The van der Waals surface area contributed by atoms with Crippen molar-refractivity contribution in [1.82, 2.24) is 15.1 Å². The summed E-state index contributed by atoms with van der Waals surface area (Å²) in [5.41, 5.74) is 7.54. The Bertz CT molecular complexity index is 1740. The average molecular weight is 689 g/mol. The van der Waals surface area contributed by atoms with Crippen molar-refractivity contribution >= 4 is 46.9 Å². The number of ether oxygens (including phenoxy) is 2. The van der Waals surface area contributed by atoms with Crippen molar-refractivity contribution < 1.29 is 56.5 Å². The number of carbonyl (C=O) groups excluding carboxylic acids is 5. The van der Waals surface area contributed by atoms with E-state index in [1.165, 1.54) is 11.8 Å². The van der Waals surface area contributed by atoms with Gasteiger partial charge in [-0.15, -0.1) is 0 Å². The number of esters is 1. The fraction of sp³-hybridized carbons (Fsp3) is 0.323. The summed E-state index contributed by atoms with van der Waals surface area (Å²) in [7, 11) is 1.53. The summed E-state index contributed by atoms with van der Waals surface area (Å²) in [6.45, 7) is -0.175. The number of carboxylic acids is 1. The number of amides is 4. The van der Waals surface area contributed by atoms with Crippen LogP contribution in [0.1, 0.15) is 45.8 Å². The number of rotatable bonds is 8. The van der Waals surface area contributed by atoms with E-state index in [9.17, 15) is 37.1 Å². The van der Waals surface area contributed by atoms with Crippen molar-refractivity contribution in [3.05, 3.63) is 65.5 Å². The highest BCUT2D eigenvalue weighted by Crippen LogP contribution is 2.31. The standard InChI is InChI=1S/C29H30N6O7.C2HF3O2/c1-41-21-11-9-20(10-12-21)35-27-22(26(32-35)28(39)31-23(36)17-42-25(38)16-30)13-15-34(29(27)40)19-7-5-18(6-8-19)33-14-3-2-4-24(33)37;3-2(4,5)1(6)7/h5-12H,2-4,13-17,30H2,1H3,(H,31,36,39);(H,6,7). The van der Waals surface area contributed by atoms with Gasteiger partial charge < -0.3 is 30.1 Å². The van der Waals surface area contributed by atoms with Crippen molar-refractivity contribution in [1.29, 1.82) is 0 Å². The second kappa shape index (κ2) is 15.4. The number of hydrogen-bond donors (Lipinski definition) is 3.